The molecular weight excluding hydrogens is 678 g/mol. The topological polar surface area (TPSA) is 260 Å². The minimum Gasteiger partial charge on any atom is -0.394 e. The largest absolute Gasteiger partial charge is 0.394 e. The number of aliphatic hydroxyl groups is 2. The Morgan fingerprint density at radius 2 is 1.88 bits per heavy atom. The highest BCUT2D eigenvalue weighted by molar-refractivity contribution is 8.07. The second-order valence-electron chi connectivity index (χ2n) is 12.1. The lowest BCUT2D eigenvalue weighted by Crippen LogP contribution is -2.41. The Labute approximate surface area is 274 Å². The molecule has 10 atom stereocenters. The van der Waals surface area contributed by atoms with Gasteiger partial charge in [0.05, 0.1) is 32.0 Å². The number of alkyl halides is 1. The highest BCUT2D eigenvalue weighted by atomic mass is 32.5. The number of nitrogen functional groups attached to an aromatic ring is 1. The lowest BCUT2D eigenvalue weighted by atomic mass is 10.1. The van der Waals surface area contributed by atoms with E-state index in [1.165, 1.54) is 28.1 Å². The normalized spacial score (nSPS) is 31.3. The molecule has 0 radical (unpaired) electrons. The SMILES string of the molecule is CC(C)C(=O)Nc1nc2c(ncn2[C@@H]2O[C@H](CO)[C@H]3CC3C2OP(O)(=S)OC[C@H]2O[C@@H](n3cnc4c(N)ncnc43)C(F)C2O)c(=O)[nH]1. The van der Waals surface area contributed by atoms with E-state index in [4.69, 9.17) is 36.1 Å². The fourth-order valence-corrected chi connectivity index (χ4v) is 7.49. The van der Waals surface area contributed by atoms with Crippen molar-refractivity contribution >= 4 is 58.5 Å². The molecule has 6 heterocycles. The summed E-state index contributed by atoms with van der Waals surface area (Å²) in [6.45, 7) is -1.62. The smallest absolute Gasteiger partial charge is 0.325 e. The molecule has 3 fully saturated rings. The zero-order chi connectivity index (χ0) is 34.1. The minimum absolute atomic E-state index is 0.0425. The summed E-state index contributed by atoms with van der Waals surface area (Å²) in [4.78, 5) is 59.3. The highest BCUT2D eigenvalue weighted by Crippen LogP contribution is 2.59. The second-order valence-corrected chi connectivity index (χ2v) is 14.9. The second kappa shape index (κ2) is 12.4. The number of anilines is 2. The van der Waals surface area contributed by atoms with Crippen LogP contribution < -0.4 is 16.6 Å². The van der Waals surface area contributed by atoms with Crippen molar-refractivity contribution in [3.8, 4) is 0 Å². The Morgan fingerprint density at radius 1 is 1.17 bits per heavy atom. The van der Waals surface area contributed by atoms with Gasteiger partial charge in [-0.05, 0) is 30.1 Å². The van der Waals surface area contributed by atoms with Gasteiger partial charge >= 0.3 is 6.72 Å². The molecule has 48 heavy (non-hydrogen) atoms. The Hall–Kier alpha value is -3.53. The number of aliphatic hydroxyl groups excluding tert-OH is 2. The van der Waals surface area contributed by atoms with Gasteiger partial charge in [-0.2, -0.15) is 4.98 Å². The number of imidazole rings is 2. The lowest BCUT2D eigenvalue weighted by Gasteiger charge is -2.37. The molecule has 258 valence electrons. The van der Waals surface area contributed by atoms with E-state index < -0.39 is 67.8 Å². The molecule has 19 nitrogen and oxygen atoms in total. The first-order chi connectivity index (χ1) is 22.9. The van der Waals surface area contributed by atoms with Gasteiger partial charge in [-0.15, -0.1) is 0 Å². The summed E-state index contributed by atoms with van der Waals surface area (Å²) < 4.78 is 41.5. The standard InChI is InChI=1S/C26H32FN10O9PS/c1-9(2)22(40)34-26-33-21-16(23(41)35-26)32-8-37(21)25-18(11-3-10(11)12(4-38)44-25)46-47(42,48)43-5-13-17(39)14(27)24(45-13)36-7-31-15-19(28)29-6-30-20(15)36/h6-14,17-18,24-25,38-39H,3-5H2,1-2H3,(H,42,48)(H2,28,29,30)(H2,33,34,35,40,41)/t10-,11?,12+,13+,14?,17?,18?,24+,25+,47?/m0/s1. The number of aromatic nitrogens is 8. The predicted octanol–water partition coefficient (Wildman–Crippen LogP) is -0.123. The van der Waals surface area contributed by atoms with Crippen molar-refractivity contribution in [2.75, 3.05) is 24.3 Å². The summed E-state index contributed by atoms with van der Waals surface area (Å²) in [7, 11) is 0. The first-order valence-electron chi connectivity index (χ1n) is 15.0. The number of aromatic amines is 1. The van der Waals surface area contributed by atoms with Crippen molar-refractivity contribution in [1.82, 2.24) is 39.0 Å². The number of carbonyl (C=O) groups excluding carboxylic acids is 1. The van der Waals surface area contributed by atoms with Crippen LogP contribution >= 0.6 is 6.72 Å². The van der Waals surface area contributed by atoms with Crippen LogP contribution in [0.25, 0.3) is 22.3 Å². The fourth-order valence-electron chi connectivity index (χ4n) is 6.05. The highest BCUT2D eigenvalue weighted by Gasteiger charge is 2.58. The number of carbonyl (C=O) groups is 1. The number of nitrogens with two attached hydrogens (primary N) is 1. The molecule has 1 saturated carbocycles. The zero-order valence-corrected chi connectivity index (χ0v) is 27.1. The third kappa shape index (κ3) is 5.88. The van der Waals surface area contributed by atoms with Crippen LogP contribution in [0.15, 0.2) is 23.8 Å². The number of ether oxygens (including phenoxy) is 2. The van der Waals surface area contributed by atoms with Gasteiger partial charge in [0.25, 0.3) is 5.56 Å². The molecule has 3 aliphatic rings. The van der Waals surface area contributed by atoms with Crippen molar-refractivity contribution in [2.24, 2.45) is 17.8 Å². The van der Waals surface area contributed by atoms with Crippen LogP contribution in [-0.4, -0.2) is 104 Å². The summed E-state index contributed by atoms with van der Waals surface area (Å²) in [6.07, 6.45) is -4.53. The van der Waals surface area contributed by atoms with Crippen LogP contribution in [0.1, 0.15) is 32.7 Å². The van der Waals surface area contributed by atoms with Crippen LogP contribution in [0.2, 0.25) is 0 Å². The Bertz CT molecular complexity index is 1980. The maximum absolute atomic E-state index is 15.3. The number of amides is 1. The average Bonchev–Trinajstić information content (AvgIpc) is 3.41. The van der Waals surface area contributed by atoms with Gasteiger partial charge in [-0.25, -0.2) is 24.3 Å². The van der Waals surface area contributed by atoms with E-state index in [9.17, 15) is 24.7 Å². The maximum atomic E-state index is 15.3. The van der Waals surface area contributed by atoms with Gasteiger partial charge < -0.3 is 39.4 Å². The summed E-state index contributed by atoms with van der Waals surface area (Å²) in [6, 6.07) is 0. The third-order valence-electron chi connectivity index (χ3n) is 8.65. The molecular formula is C26H32FN10O9PS. The predicted molar refractivity (Wildman–Crippen MR) is 166 cm³/mol. The number of fused-ring (bicyclic) bond motifs is 3. The number of halogens is 1. The number of nitrogens with one attached hydrogen (secondary N) is 2. The molecule has 7 rings (SSSR count). The average molecular weight is 711 g/mol. The quantitative estimate of drug-likeness (QED) is 0.117. The zero-order valence-electron chi connectivity index (χ0n) is 25.4. The molecule has 0 aromatic carbocycles. The van der Waals surface area contributed by atoms with Gasteiger partial charge in [0.15, 0.2) is 41.3 Å². The van der Waals surface area contributed by atoms with Gasteiger partial charge in [0, 0.05) is 5.92 Å². The van der Waals surface area contributed by atoms with Crippen molar-refractivity contribution in [3.05, 3.63) is 29.3 Å². The molecule has 4 aromatic heterocycles. The molecule has 1 aliphatic carbocycles. The van der Waals surface area contributed by atoms with Gasteiger partial charge in [-0.1, -0.05) is 13.8 Å². The molecule has 5 unspecified atom stereocenters. The van der Waals surface area contributed by atoms with E-state index in [2.05, 4.69) is 35.2 Å². The molecule has 0 bridgehead atoms. The van der Waals surface area contributed by atoms with Crippen LogP contribution in [0.5, 0.6) is 0 Å². The molecule has 0 spiro atoms. The molecule has 1 amide bonds. The van der Waals surface area contributed by atoms with Crippen molar-refractivity contribution in [3.63, 3.8) is 0 Å². The Morgan fingerprint density at radius 3 is 2.60 bits per heavy atom. The van der Waals surface area contributed by atoms with E-state index in [0.717, 1.165) is 0 Å². The number of rotatable bonds is 10. The molecule has 4 aromatic rings. The molecule has 22 heteroatoms. The third-order valence-corrected chi connectivity index (χ3v) is 10.2. The maximum Gasteiger partial charge on any atom is 0.325 e. The first kappa shape index (κ1) is 33.0. The fraction of sp³-hybridized carbons (Fsp3) is 0.577. The van der Waals surface area contributed by atoms with E-state index >= 15 is 4.39 Å². The monoisotopic (exact) mass is 710 g/mol. The van der Waals surface area contributed by atoms with E-state index in [1.54, 1.807) is 13.8 Å². The summed E-state index contributed by atoms with van der Waals surface area (Å²) in [5, 5.41) is 23.2. The first-order valence-corrected chi connectivity index (χ1v) is 17.6. The van der Waals surface area contributed by atoms with E-state index in [-0.39, 0.29) is 58.4 Å². The van der Waals surface area contributed by atoms with Crippen molar-refractivity contribution in [1.29, 1.82) is 0 Å². The van der Waals surface area contributed by atoms with Gasteiger partial charge in [0.2, 0.25) is 11.9 Å². The molecule has 7 N–H and O–H groups in total. The van der Waals surface area contributed by atoms with Crippen LogP contribution in [0.3, 0.4) is 0 Å². The van der Waals surface area contributed by atoms with Gasteiger partial charge in [-0.3, -0.25) is 29.0 Å². The Balaban J connectivity index is 1.10. The summed E-state index contributed by atoms with van der Waals surface area (Å²) >= 11 is 5.33. The number of nitrogens with zero attached hydrogens (tertiary/aromatic N) is 7. The van der Waals surface area contributed by atoms with Crippen molar-refractivity contribution < 1.29 is 42.8 Å². The van der Waals surface area contributed by atoms with E-state index in [1.807, 2.05) is 0 Å². The number of hydrogen-bond donors (Lipinski definition) is 6. The van der Waals surface area contributed by atoms with Crippen LogP contribution in [-0.2, 0) is 35.1 Å². The summed E-state index contributed by atoms with van der Waals surface area (Å²) in [5.41, 5.74) is 5.62. The number of H-pyrrole nitrogens is 1. The minimum atomic E-state index is -4.13. The molecule has 2 saturated heterocycles. The Kier molecular flexibility index (Phi) is 8.53. The van der Waals surface area contributed by atoms with Crippen LogP contribution in [0.4, 0.5) is 16.2 Å². The lowest BCUT2D eigenvalue weighted by molar-refractivity contribution is -0.163. The summed E-state index contributed by atoms with van der Waals surface area (Å²) in [5.74, 6) is -1.15. The molecule has 2 aliphatic heterocycles. The van der Waals surface area contributed by atoms with Crippen LogP contribution in [0, 0.1) is 17.8 Å². The van der Waals surface area contributed by atoms with Gasteiger partial charge in [0.1, 0.15) is 30.2 Å². The van der Waals surface area contributed by atoms with Crippen molar-refractivity contribution in [2.45, 2.75) is 63.3 Å². The van der Waals surface area contributed by atoms with E-state index in [0.29, 0.717) is 6.42 Å². The number of hydrogen-bond acceptors (Lipinski definition) is 15.